The molecule has 0 aliphatic rings. The van der Waals surface area contributed by atoms with Crippen LogP contribution in [0.2, 0.25) is 0 Å². The molecule has 7 heteroatoms. The molecule has 0 fully saturated rings. The minimum Gasteiger partial charge on any atom is -0.449 e. The molecule has 1 amide bonds. The zero-order valence-electron chi connectivity index (χ0n) is 11.0. The van der Waals surface area contributed by atoms with E-state index >= 15 is 0 Å². The lowest BCUT2D eigenvalue weighted by Gasteiger charge is -2.19. The first-order chi connectivity index (χ1) is 8.76. The third-order valence-corrected chi connectivity index (χ3v) is 1.82. The Morgan fingerprint density at radius 2 is 2.05 bits per heavy atom. The minimum atomic E-state index is -1.40. The van der Waals surface area contributed by atoms with Gasteiger partial charge in [-0.2, -0.15) is 0 Å². The van der Waals surface area contributed by atoms with Crippen LogP contribution in [0.1, 0.15) is 26.5 Å². The number of aromatic nitrogens is 1. The van der Waals surface area contributed by atoms with Crippen LogP contribution in [0.5, 0.6) is 5.75 Å². The summed E-state index contributed by atoms with van der Waals surface area (Å²) in [4.78, 5) is 25.6. The number of alkyl carbamates (subject to hydrolysis) is 1. The second-order valence-electron chi connectivity index (χ2n) is 4.71. The van der Waals surface area contributed by atoms with Crippen molar-refractivity contribution in [2.45, 2.75) is 32.9 Å². The summed E-state index contributed by atoms with van der Waals surface area (Å²) in [5.41, 5.74) is 0.0000545. The summed E-state index contributed by atoms with van der Waals surface area (Å²) in [5.74, 6) is 0.119. The van der Waals surface area contributed by atoms with E-state index in [4.69, 9.17) is 9.84 Å². The molecule has 0 saturated carbocycles. The van der Waals surface area contributed by atoms with Crippen molar-refractivity contribution in [1.29, 1.82) is 0 Å². The maximum absolute atomic E-state index is 11.4. The highest BCUT2D eigenvalue weighted by Crippen LogP contribution is 2.10. The molecule has 1 aromatic heterocycles. The van der Waals surface area contributed by atoms with Crippen LogP contribution in [0.15, 0.2) is 18.3 Å². The third kappa shape index (κ3) is 6.25. The number of pyridine rings is 1. The van der Waals surface area contributed by atoms with Crippen molar-refractivity contribution in [3.63, 3.8) is 0 Å². The quantitative estimate of drug-likeness (QED) is 0.815. The number of rotatable bonds is 3. The van der Waals surface area contributed by atoms with Crippen LogP contribution in [-0.2, 0) is 11.3 Å². The number of nitrogens with zero attached hydrogens (tertiary/aromatic N) is 1. The number of hydrogen-bond acceptors (Lipinski definition) is 5. The van der Waals surface area contributed by atoms with Gasteiger partial charge in [-0.3, -0.25) is 4.98 Å². The molecule has 1 rings (SSSR count). The van der Waals surface area contributed by atoms with Crippen LogP contribution >= 0.6 is 0 Å². The topological polar surface area (TPSA) is 97.8 Å². The largest absolute Gasteiger partial charge is 0.511 e. The fraction of sp³-hybridized carbons (Fsp3) is 0.417. The van der Waals surface area contributed by atoms with Crippen molar-refractivity contribution >= 4 is 12.2 Å². The zero-order valence-corrected chi connectivity index (χ0v) is 11.0. The van der Waals surface area contributed by atoms with Crippen LogP contribution in [0, 0.1) is 0 Å². The Balaban J connectivity index is 2.46. The molecule has 7 nitrogen and oxygen atoms in total. The molecule has 0 saturated heterocycles. The van der Waals surface area contributed by atoms with Gasteiger partial charge in [0.2, 0.25) is 0 Å². The first-order valence-electron chi connectivity index (χ1n) is 5.59. The summed E-state index contributed by atoms with van der Waals surface area (Å²) in [7, 11) is 0. The van der Waals surface area contributed by atoms with E-state index in [1.54, 1.807) is 26.8 Å². The summed E-state index contributed by atoms with van der Waals surface area (Å²) < 4.78 is 9.46. The number of nitrogens with one attached hydrogen (secondary N) is 1. The second-order valence-corrected chi connectivity index (χ2v) is 4.71. The number of carbonyl (C=O) groups excluding carboxylic acids is 1. The Morgan fingerprint density at radius 1 is 1.37 bits per heavy atom. The van der Waals surface area contributed by atoms with Gasteiger partial charge in [0.25, 0.3) is 0 Å². The lowest BCUT2D eigenvalue weighted by Crippen LogP contribution is -2.32. The van der Waals surface area contributed by atoms with Crippen LogP contribution in [0.4, 0.5) is 9.59 Å². The molecule has 19 heavy (non-hydrogen) atoms. The van der Waals surface area contributed by atoms with Crippen LogP contribution in [0.3, 0.4) is 0 Å². The third-order valence-electron chi connectivity index (χ3n) is 1.82. The molecule has 1 aromatic rings. The molecular formula is C12H16N2O5. The highest BCUT2D eigenvalue weighted by atomic mass is 16.7. The molecule has 0 bridgehead atoms. The zero-order chi connectivity index (χ0) is 14.5. The SMILES string of the molecule is CC(C)(C)OC(=O)NCc1ccc(OC(=O)O)cn1. The van der Waals surface area contributed by atoms with Gasteiger partial charge in [0.1, 0.15) is 5.60 Å². The van der Waals surface area contributed by atoms with E-state index in [2.05, 4.69) is 15.0 Å². The molecule has 1 heterocycles. The Labute approximate surface area is 110 Å². The van der Waals surface area contributed by atoms with E-state index in [0.29, 0.717) is 5.69 Å². The predicted molar refractivity (Wildman–Crippen MR) is 66.0 cm³/mol. The van der Waals surface area contributed by atoms with Crippen molar-refractivity contribution in [3.05, 3.63) is 24.0 Å². The first-order valence-corrected chi connectivity index (χ1v) is 5.59. The van der Waals surface area contributed by atoms with Crippen LogP contribution in [-0.4, -0.2) is 27.9 Å². The van der Waals surface area contributed by atoms with Gasteiger partial charge in [-0.25, -0.2) is 9.59 Å². The number of amides is 1. The summed E-state index contributed by atoms with van der Waals surface area (Å²) in [6, 6.07) is 3.00. The van der Waals surface area contributed by atoms with Gasteiger partial charge in [0.05, 0.1) is 18.4 Å². The van der Waals surface area contributed by atoms with E-state index in [9.17, 15) is 9.59 Å². The Kier molecular flexibility index (Phi) is 4.68. The fourth-order valence-electron chi connectivity index (χ4n) is 1.15. The van der Waals surface area contributed by atoms with E-state index < -0.39 is 17.8 Å². The van der Waals surface area contributed by atoms with Gasteiger partial charge < -0.3 is 19.9 Å². The summed E-state index contributed by atoms with van der Waals surface area (Å²) in [6.45, 7) is 5.48. The van der Waals surface area contributed by atoms with Crippen LogP contribution in [0.25, 0.3) is 0 Å². The highest BCUT2D eigenvalue weighted by Gasteiger charge is 2.15. The van der Waals surface area contributed by atoms with E-state index in [1.165, 1.54) is 12.3 Å². The molecule has 0 radical (unpaired) electrons. The standard InChI is InChI=1S/C12H16N2O5/c1-12(2,3)19-10(15)14-6-8-4-5-9(7-13-8)18-11(16)17/h4-5,7H,6H2,1-3H3,(H,14,15)(H,16,17). The molecule has 0 aliphatic heterocycles. The maximum atomic E-state index is 11.4. The Hall–Kier alpha value is -2.31. The average Bonchev–Trinajstić information content (AvgIpc) is 2.25. The van der Waals surface area contributed by atoms with Gasteiger partial charge in [0.15, 0.2) is 5.75 Å². The number of hydrogen-bond donors (Lipinski definition) is 2. The van der Waals surface area contributed by atoms with Crippen molar-refractivity contribution < 1.29 is 24.2 Å². The lowest BCUT2D eigenvalue weighted by molar-refractivity contribution is 0.0523. The molecule has 2 N–H and O–H groups in total. The number of carbonyl (C=O) groups is 2. The fourth-order valence-corrected chi connectivity index (χ4v) is 1.15. The van der Waals surface area contributed by atoms with Gasteiger partial charge >= 0.3 is 12.2 Å². The molecule has 0 aliphatic carbocycles. The summed E-state index contributed by atoms with van der Waals surface area (Å²) >= 11 is 0. The first kappa shape index (κ1) is 14.7. The molecule has 0 unspecified atom stereocenters. The van der Waals surface area contributed by atoms with Gasteiger partial charge in [-0.15, -0.1) is 0 Å². The average molecular weight is 268 g/mol. The second kappa shape index (κ2) is 6.03. The molecule has 104 valence electrons. The Morgan fingerprint density at radius 3 is 2.53 bits per heavy atom. The molecule has 0 spiro atoms. The molecule has 0 atom stereocenters. The smallest absolute Gasteiger partial charge is 0.449 e. The summed E-state index contributed by atoms with van der Waals surface area (Å²) in [5, 5.41) is 10.9. The normalized spacial score (nSPS) is 10.7. The van der Waals surface area contributed by atoms with Crippen molar-refractivity contribution in [2.75, 3.05) is 0 Å². The van der Waals surface area contributed by atoms with Gasteiger partial charge in [-0.1, -0.05) is 0 Å². The number of ether oxygens (including phenoxy) is 2. The molecule has 0 aromatic carbocycles. The maximum Gasteiger partial charge on any atom is 0.511 e. The van der Waals surface area contributed by atoms with Crippen molar-refractivity contribution in [2.24, 2.45) is 0 Å². The van der Waals surface area contributed by atoms with Crippen LogP contribution < -0.4 is 10.1 Å². The van der Waals surface area contributed by atoms with E-state index in [-0.39, 0.29) is 12.3 Å². The lowest BCUT2D eigenvalue weighted by atomic mass is 10.2. The summed E-state index contributed by atoms with van der Waals surface area (Å²) in [6.07, 6.45) is -0.679. The van der Waals surface area contributed by atoms with Gasteiger partial charge in [0, 0.05) is 0 Å². The molecular weight excluding hydrogens is 252 g/mol. The van der Waals surface area contributed by atoms with Gasteiger partial charge in [-0.05, 0) is 32.9 Å². The monoisotopic (exact) mass is 268 g/mol. The van der Waals surface area contributed by atoms with E-state index in [0.717, 1.165) is 0 Å². The predicted octanol–water partition coefficient (Wildman–Crippen LogP) is 2.16. The number of carboxylic acid groups (broad SMARTS) is 1. The Bertz CT molecular complexity index is 450. The minimum absolute atomic E-state index is 0.119. The van der Waals surface area contributed by atoms with Crippen molar-refractivity contribution in [1.82, 2.24) is 10.3 Å². The van der Waals surface area contributed by atoms with E-state index in [1.807, 2.05) is 0 Å². The van der Waals surface area contributed by atoms with Crippen molar-refractivity contribution in [3.8, 4) is 5.75 Å². The highest BCUT2D eigenvalue weighted by molar-refractivity contribution is 5.67.